The fourth-order valence-electron chi connectivity index (χ4n) is 4.01. The maximum Gasteiger partial charge on any atom is 0.293 e. The summed E-state index contributed by atoms with van der Waals surface area (Å²) in [4.78, 5) is 0. The van der Waals surface area contributed by atoms with Crippen LogP contribution in [-0.4, -0.2) is 48.9 Å². The molecule has 2 rings (SSSR count). The molecular weight excluding hydrogens is 538 g/mol. The fourth-order valence-corrected chi connectivity index (χ4v) is 4.50. The summed E-state index contributed by atoms with van der Waals surface area (Å²) in [5, 5.41) is 0. The molecule has 2 radical (unpaired) electrons. The van der Waals surface area contributed by atoms with Gasteiger partial charge in [-0.05, 0) is 83.7 Å². The molecule has 0 unspecified atom stereocenters. The van der Waals surface area contributed by atoms with Crippen LogP contribution in [0.4, 0.5) is 0 Å². The van der Waals surface area contributed by atoms with Crippen molar-refractivity contribution in [2.45, 2.75) is 81.1 Å². The van der Waals surface area contributed by atoms with E-state index >= 15 is 0 Å². The Labute approximate surface area is 242 Å². The van der Waals surface area contributed by atoms with Gasteiger partial charge in [-0.1, -0.05) is 79.7 Å². The second-order valence-corrected chi connectivity index (χ2v) is 10.9. The first-order valence-electron chi connectivity index (χ1n) is 11.9. The molecule has 0 amide bonds. The molecule has 0 aliphatic carbocycles. The molecule has 0 atom stereocenters. The first kappa shape index (κ1) is 30.0. The van der Waals surface area contributed by atoms with Gasteiger partial charge in [-0.3, -0.25) is 0 Å². The molecule has 0 bridgehead atoms. The van der Waals surface area contributed by atoms with Crippen molar-refractivity contribution in [3.05, 3.63) is 58.7 Å². The van der Waals surface area contributed by atoms with E-state index in [1.54, 1.807) is 0 Å². The molecule has 4 heteroatoms. The summed E-state index contributed by atoms with van der Waals surface area (Å²) < 4.78 is 12.3. The molecule has 174 valence electrons. The maximum atomic E-state index is 6.14. The molecule has 0 N–H and O–H groups in total. The van der Waals surface area contributed by atoms with E-state index in [-0.39, 0.29) is 48.9 Å². The summed E-state index contributed by atoms with van der Waals surface area (Å²) >= 11 is 1.10. The molecule has 0 saturated carbocycles. The zero-order chi connectivity index (χ0) is 23.0. The zero-order valence-corrected chi connectivity index (χ0v) is 26.8. The van der Waals surface area contributed by atoms with Crippen molar-refractivity contribution in [3.8, 4) is 11.5 Å². The Bertz CT molecular complexity index is 748. The van der Waals surface area contributed by atoms with Crippen LogP contribution in [0.2, 0.25) is 0 Å². The van der Waals surface area contributed by atoms with Crippen LogP contribution in [-0.2, 0) is 25.7 Å². The molecule has 32 heavy (non-hydrogen) atoms. The van der Waals surface area contributed by atoms with Crippen molar-refractivity contribution in [1.82, 2.24) is 0 Å². The predicted octanol–water partition coefficient (Wildman–Crippen LogP) is 8.12. The van der Waals surface area contributed by atoms with Gasteiger partial charge in [0.25, 0.3) is 12.3 Å². The van der Waals surface area contributed by atoms with Gasteiger partial charge in [0, 0.05) is 48.9 Å². The molecule has 2 nitrogen and oxygen atoms in total. The smallest absolute Gasteiger partial charge is 0.293 e. The minimum atomic E-state index is 0. The Balaban J connectivity index is 0.00000512. The van der Waals surface area contributed by atoms with Crippen molar-refractivity contribution in [2.24, 2.45) is 23.7 Å². The van der Waals surface area contributed by atoms with Gasteiger partial charge in [0.2, 0.25) is 0 Å². The molecule has 2 aromatic rings. The molecule has 2 aromatic carbocycles. The van der Waals surface area contributed by atoms with E-state index in [1.807, 2.05) is 0 Å². The Morgan fingerprint density at radius 3 is 1.22 bits per heavy atom. The molecule has 0 saturated heterocycles. The predicted molar refractivity (Wildman–Crippen MR) is 142 cm³/mol. The molecule has 0 spiro atoms. The standard InChI is InChI=1S/C28H42O2S.Ba/c1-19(2)15-23-11-9-13-27(25(23)17-21(5)6)29-31-30-28-14-10-12-24(16-20(3)4)26(28)18-22(7)8;/h9-14,19-22H,15-18H2,1-8H3;. The summed E-state index contributed by atoms with van der Waals surface area (Å²) in [6.45, 7) is 18.1. The molecule has 0 aliphatic rings. The second-order valence-electron chi connectivity index (χ2n) is 10.4. The van der Waals surface area contributed by atoms with E-state index in [4.69, 9.17) is 8.37 Å². The summed E-state index contributed by atoms with van der Waals surface area (Å²) in [6, 6.07) is 12.8. The third kappa shape index (κ3) is 10.1. The van der Waals surface area contributed by atoms with Crippen LogP contribution in [0.3, 0.4) is 0 Å². The first-order valence-corrected chi connectivity index (χ1v) is 12.6. The van der Waals surface area contributed by atoms with Crippen molar-refractivity contribution in [3.63, 3.8) is 0 Å². The number of hydrogen-bond donors (Lipinski definition) is 0. The molecule has 0 aromatic heterocycles. The van der Waals surface area contributed by atoms with Gasteiger partial charge in [-0.15, -0.1) is 0 Å². The number of hydrogen-bond acceptors (Lipinski definition) is 3. The Kier molecular flexibility index (Phi) is 14.1. The van der Waals surface area contributed by atoms with E-state index < -0.39 is 0 Å². The van der Waals surface area contributed by atoms with Gasteiger partial charge in [0.05, 0.1) is 0 Å². The van der Waals surface area contributed by atoms with E-state index in [0.717, 1.165) is 49.5 Å². The normalized spacial score (nSPS) is 11.4. The number of benzene rings is 2. The summed E-state index contributed by atoms with van der Waals surface area (Å²) in [7, 11) is 0. The van der Waals surface area contributed by atoms with Crippen molar-refractivity contribution in [1.29, 1.82) is 0 Å². The van der Waals surface area contributed by atoms with Gasteiger partial charge >= 0.3 is 0 Å². The SMILES string of the molecule is CC(C)Cc1cccc(OSOc2cccc(CC(C)C)c2CC(C)C)c1CC(C)C.[Ba]. The van der Waals surface area contributed by atoms with Crippen LogP contribution in [0.5, 0.6) is 11.5 Å². The van der Waals surface area contributed by atoms with Gasteiger partial charge in [0.15, 0.2) is 0 Å². The van der Waals surface area contributed by atoms with Crippen LogP contribution >= 0.6 is 12.3 Å². The zero-order valence-electron chi connectivity index (χ0n) is 21.5. The Hall–Kier alpha value is -0.0386. The van der Waals surface area contributed by atoms with Crippen molar-refractivity contribution in [2.75, 3.05) is 0 Å². The topological polar surface area (TPSA) is 18.5 Å². The van der Waals surface area contributed by atoms with Crippen LogP contribution in [0.1, 0.15) is 77.6 Å². The van der Waals surface area contributed by atoms with E-state index in [9.17, 15) is 0 Å². The monoisotopic (exact) mass is 580 g/mol. The Morgan fingerprint density at radius 2 is 0.906 bits per heavy atom. The van der Waals surface area contributed by atoms with E-state index in [0.29, 0.717) is 23.7 Å². The van der Waals surface area contributed by atoms with Gasteiger partial charge < -0.3 is 8.37 Å². The van der Waals surface area contributed by atoms with Crippen molar-refractivity contribution >= 4 is 61.2 Å². The summed E-state index contributed by atoms with van der Waals surface area (Å²) in [5.41, 5.74) is 5.42. The third-order valence-corrected chi connectivity index (χ3v) is 5.68. The largest absolute Gasteiger partial charge is 0.391 e. The third-order valence-electron chi connectivity index (χ3n) is 5.19. The molecular formula is C28H42BaO2S. The summed E-state index contributed by atoms with van der Waals surface area (Å²) in [5.74, 6) is 4.25. The fraction of sp³-hybridized carbons (Fsp3) is 0.571. The molecule has 0 fully saturated rings. The van der Waals surface area contributed by atoms with Gasteiger partial charge in [-0.2, -0.15) is 0 Å². The quantitative estimate of drug-likeness (QED) is 0.187. The summed E-state index contributed by atoms with van der Waals surface area (Å²) in [6.07, 6.45) is 4.17. The molecule has 0 heterocycles. The van der Waals surface area contributed by atoms with Crippen LogP contribution < -0.4 is 8.37 Å². The van der Waals surface area contributed by atoms with E-state index in [1.165, 1.54) is 22.3 Å². The van der Waals surface area contributed by atoms with Gasteiger partial charge in [0.1, 0.15) is 11.5 Å². The minimum absolute atomic E-state index is 0. The maximum absolute atomic E-state index is 6.14. The van der Waals surface area contributed by atoms with Crippen molar-refractivity contribution < 1.29 is 8.37 Å². The van der Waals surface area contributed by atoms with E-state index in [2.05, 4.69) is 91.8 Å². The van der Waals surface area contributed by atoms with Crippen LogP contribution in [0, 0.1) is 23.7 Å². The second kappa shape index (κ2) is 15.1. The van der Waals surface area contributed by atoms with Crippen LogP contribution in [0.25, 0.3) is 0 Å². The minimum Gasteiger partial charge on any atom is -0.391 e. The Morgan fingerprint density at radius 1 is 0.562 bits per heavy atom. The number of rotatable bonds is 12. The first-order chi connectivity index (χ1) is 14.7. The van der Waals surface area contributed by atoms with Crippen LogP contribution in [0.15, 0.2) is 36.4 Å². The average molecular weight is 580 g/mol. The van der Waals surface area contributed by atoms with Gasteiger partial charge in [-0.25, -0.2) is 0 Å². The average Bonchev–Trinajstić information content (AvgIpc) is 2.65. The molecule has 0 aliphatic heterocycles.